The number of carbonyl (C=O) groups excluding carboxylic acids is 2. The zero-order valence-corrected chi connectivity index (χ0v) is 14.2. The minimum Gasteiger partial charge on any atom is -0.380 e. The summed E-state index contributed by atoms with van der Waals surface area (Å²) in [4.78, 5) is 24.8. The molecule has 0 radical (unpaired) electrons. The lowest BCUT2D eigenvalue weighted by Crippen LogP contribution is -2.60. The Bertz CT molecular complexity index is 569. The van der Waals surface area contributed by atoms with E-state index in [0.717, 1.165) is 38.7 Å². The summed E-state index contributed by atoms with van der Waals surface area (Å²) in [5, 5.41) is 0. The van der Waals surface area contributed by atoms with Crippen LogP contribution < -0.4 is 0 Å². The van der Waals surface area contributed by atoms with Gasteiger partial charge >= 0.3 is 0 Å². The van der Waals surface area contributed by atoms with Crippen LogP contribution in [-0.4, -0.2) is 24.8 Å². The van der Waals surface area contributed by atoms with Crippen molar-refractivity contribution in [1.29, 1.82) is 0 Å². The Kier molecular flexibility index (Phi) is 2.98. The highest BCUT2D eigenvalue weighted by atomic mass is 16.5. The van der Waals surface area contributed by atoms with Crippen LogP contribution in [-0.2, 0) is 14.3 Å². The fourth-order valence-corrected chi connectivity index (χ4v) is 7.59. The molecule has 7 unspecified atom stereocenters. The second kappa shape index (κ2) is 4.68. The van der Waals surface area contributed by atoms with Crippen LogP contribution in [0.3, 0.4) is 0 Å². The van der Waals surface area contributed by atoms with Crippen molar-refractivity contribution in [3.63, 3.8) is 0 Å². The van der Waals surface area contributed by atoms with Gasteiger partial charge in [-0.05, 0) is 62.2 Å². The lowest BCUT2D eigenvalue weighted by Gasteiger charge is -2.62. The van der Waals surface area contributed by atoms with Gasteiger partial charge in [0.2, 0.25) is 0 Å². The van der Waals surface area contributed by atoms with Crippen LogP contribution in [0.1, 0.15) is 58.3 Å². The van der Waals surface area contributed by atoms with Crippen LogP contribution in [0.25, 0.3) is 0 Å². The molecule has 1 heterocycles. The van der Waals surface area contributed by atoms with E-state index in [1.807, 2.05) is 0 Å². The van der Waals surface area contributed by atoms with Crippen LogP contribution in [0.15, 0.2) is 0 Å². The van der Waals surface area contributed by atoms with Crippen LogP contribution in [0.5, 0.6) is 0 Å². The van der Waals surface area contributed by atoms with Crippen molar-refractivity contribution in [3.05, 3.63) is 0 Å². The average Bonchev–Trinajstić information content (AvgIpc) is 2.85. The maximum Gasteiger partial charge on any atom is 0.139 e. The lowest BCUT2D eigenvalue weighted by molar-refractivity contribution is -0.191. The van der Waals surface area contributed by atoms with E-state index in [0.29, 0.717) is 41.8 Å². The third kappa shape index (κ3) is 1.75. The molecule has 23 heavy (non-hydrogen) atoms. The fourth-order valence-electron chi connectivity index (χ4n) is 7.59. The highest BCUT2D eigenvalue weighted by Crippen LogP contribution is 2.66. The molecule has 3 nitrogen and oxygen atoms in total. The van der Waals surface area contributed by atoms with Crippen molar-refractivity contribution in [2.45, 2.75) is 58.3 Å². The van der Waals surface area contributed by atoms with Gasteiger partial charge in [0.25, 0.3) is 0 Å². The molecule has 5 rings (SSSR count). The van der Waals surface area contributed by atoms with Crippen LogP contribution in [0.4, 0.5) is 0 Å². The van der Waals surface area contributed by atoms with Gasteiger partial charge in [-0.2, -0.15) is 0 Å². The monoisotopic (exact) mass is 316 g/mol. The first-order chi connectivity index (χ1) is 11.0. The van der Waals surface area contributed by atoms with Crippen molar-refractivity contribution < 1.29 is 14.3 Å². The van der Waals surface area contributed by atoms with Gasteiger partial charge in [-0.3, -0.25) is 9.59 Å². The van der Waals surface area contributed by atoms with Gasteiger partial charge in [0.05, 0.1) is 13.2 Å². The van der Waals surface area contributed by atoms with E-state index in [-0.39, 0.29) is 16.7 Å². The molecule has 1 saturated heterocycles. The van der Waals surface area contributed by atoms with Gasteiger partial charge in [0.1, 0.15) is 11.6 Å². The Morgan fingerprint density at radius 2 is 1.96 bits per heavy atom. The van der Waals surface area contributed by atoms with Gasteiger partial charge in [-0.15, -0.1) is 0 Å². The van der Waals surface area contributed by atoms with E-state index in [2.05, 4.69) is 6.92 Å². The zero-order valence-electron chi connectivity index (χ0n) is 14.2. The Morgan fingerprint density at radius 1 is 1.09 bits per heavy atom. The summed E-state index contributed by atoms with van der Waals surface area (Å²) in [6, 6.07) is 0. The molecule has 1 aliphatic heterocycles. The fraction of sp³-hybridized carbons (Fsp3) is 0.900. The lowest BCUT2D eigenvalue weighted by atomic mass is 9.43. The topological polar surface area (TPSA) is 43.4 Å². The Balaban J connectivity index is 1.52. The summed E-state index contributed by atoms with van der Waals surface area (Å²) < 4.78 is 5.99. The van der Waals surface area contributed by atoms with Gasteiger partial charge in [-0.25, -0.2) is 0 Å². The van der Waals surface area contributed by atoms with Crippen LogP contribution in [0.2, 0.25) is 0 Å². The number of Topliss-reactive ketones (excluding diaryl/α,β-unsaturated/α-hetero) is 2. The van der Waals surface area contributed by atoms with Gasteiger partial charge in [-0.1, -0.05) is 6.92 Å². The van der Waals surface area contributed by atoms with Crippen molar-refractivity contribution in [2.24, 2.45) is 40.4 Å². The number of carbonyl (C=O) groups is 2. The SMILES string of the molecule is CC12CCC3C(CCC4CC(=O)C5COCC43C5)C1CCC2=O. The molecular weight excluding hydrogens is 288 g/mol. The molecule has 1 spiro atoms. The van der Waals surface area contributed by atoms with E-state index in [1.165, 1.54) is 19.3 Å². The second-order valence-electron chi connectivity index (χ2n) is 9.39. The molecule has 4 aliphatic carbocycles. The number of ether oxygens (including phenoxy) is 1. The van der Waals surface area contributed by atoms with Gasteiger partial charge in [0, 0.05) is 29.6 Å². The maximum atomic E-state index is 12.5. The summed E-state index contributed by atoms with van der Waals surface area (Å²) in [5.41, 5.74) is 0.219. The standard InChI is InChI=1S/C20H28O3/c1-19-7-6-16-14(15(19)4-5-18(19)22)3-2-13-8-17(21)12-9-20(13,16)11-23-10-12/h12-16H,2-11H2,1H3. The van der Waals surface area contributed by atoms with Gasteiger partial charge in [0.15, 0.2) is 0 Å². The van der Waals surface area contributed by atoms with Crippen LogP contribution in [0, 0.1) is 40.4 Å². The quantitative estimate of drug-likeness (QED) is 0.688. The molecule has 126 valence electrons. The molecule has 0 N–H and O–H groups in total. The molecule has 0 aromatic carbocycles. The molecule has 0 aromatic heterocycles. The van der Waals surface area contributed by atoms with Crippen molar-refractivity contribution in [1.82, 2.24) is 0 Å². The molecule has 2 bridgehead atoms. The van der Waals surface area contributed by atoms with Crippen molar-refractivity contribution in [2.75, 3.05) is 13.2 Å². The number of hydrogen-bond acceptors (Lipinski definition) is 3. The summed E-state index contributed by atoms with van der Waals surface area (Å²) in [7, 11) is 0. The molecule has 3 heteroatoms. The van der Waals surface area contributed by atoms with Crippen molar-refractivity contribution >= 4 is 11.6 Å². The number of hydrogen-bond donors (Lipinski definition) is 0. The smallest absolute Gasteiger partial charge is 0.139 e. The van der Waals surface area contributed by atoms with Crippen molar-refractivity contribution in [3.8, 4) is 0 Å². The maximum absolute atomic E-state index is 12.5. The first kappa shape index (κ1) is 14.6. The highest BCUT2D eigenvalue weighted by Gasteiger charge is 2.63. The first-order valence-corrected chi connectivity index (χ1v) is 9.68. The third-order valence-corrected chi connectivity index (χ3v) is 8.77. The minimum absolute atomic E-state index is 0.0376. The highest BCUT2D eigenvalue weighted by molar-refractivity contribution is 5.87. The molecule has 0 amide bonds. The Labute approximate surface area is 138 Å². The molecule has 0 aromatic rings. The van der Waals surface area contributed by atoms with E-state index in [4.69, 9.17) is 4.74 Å². The summed E-state index contributed by atoms with van der Waals surface area (Å²) in [6.45, 7) is 3.78. The van der Waals surface area contributed by atoms with Gasteiger partial charge < -0.3 is 4.74 Å². The molecule has 5 fully saturated rings. The zero-order chi connectivity index (χ0) is 15.8. The normalized spacial score (nSPS) is 55.1. The minimum atomic E-state index is -0.0376. The predicted molar refractivity (Wildman–Crippen MR) is 85.8 cm³/mol. The number of fused-ring (bicyclic) bond motifs is 4. The van der Waals surface area contributed by atoms with E-state index in [9.17, 15) is 9.59 Å². The van der Waals surface area contributed by atoms with E-state index in [1.54, 1.807) is 0 Å². The summed E-state index contributed by atoms with van der Waals surface area (Å²) in [5.74, 6) is 3.69. The predicted octanol–water partition coefficient (Wildman–Crippen LogP) is 3.40. The largest absolute Gasteiger partial charge is 0.380 e. The first-order valence-electron chi connectivity index (χ1n) is 9.68. The molecule has 4 saturated carbocycles. The Morgan fingerprint density at radius 3 is 2.83 bits per heavy atom. The average molecular weight is 316 g/mol. The Hall–Kier alpha value is -0.700. The third-order valence-electron chi connectivity index (χ3n) is 8.77. The molecule has 7 atom stereocenters. The summed E-state index contributed by atoms with van der Waals surface area (Å²) >= 11 is 0. The van der Waals surface area contributed by atoms with E-state index >= 15 is 0 Å². The number of rotatable bonds is 0. The van der Waals surface area contributed by atoms with Crippen LogP contribution >= 0.6 is 0 Å². The summed E-state index contributed by atoms with van der Waals surface area (Å²) in [6.07, 6.45) is 8.48. The molecule has 5 aliphatic rings. The van der Waals surface area contributed by atoms with E-state index < -0.39 is 0 Å². The second-order valence-corrected chi connectivity index (χ2v) is 9.39. The molecular formula is C20H28O3. The number of ketones is 2.